The quantitative estimate of drug-likeness (QED) is 0.796. The highest BCUT2D eigenvalue weighted by molar-refractivity contribution is 7.16. The van der Waals surface area contributed by atoms with Crippen molar-refractivity contribution in [2.75, 3.05) is 18.6 Å². The molecule has 1 unspecified atom stereocenters. The molecule has 17 heavy (non-hydrogen) atoms. The van der Waals surface area contributed by atoms with E-state index < -0.39 is 5.97 Å². The Kier molecular flexibility index (Phi) is 3.17. The highest BCUT2D eigenvalue weighted by atomic mass is 32.1. The molecule has 1 fully saturated rings. The Hall–Kier alpha value is -1.40. The molecule has 1 saturated heterocycles. The van der Waals surface area contributed by atoms with Crippen molar-refractivity contribution in [3.63, 3.8) is 0 Å². The summed E-state index contributed by atoms with van der Waals surface area (Å²) in [6.45, 7) is 2.35. The minimum atomic E-state index is -0.419. The lowest BCUT2D eigenvalue weighted by atomic mass is 10.3. The van der Waals surface area contributed by atoms with Crippen LogP contribution in [0.2, 0.25) is 0 Å². The molecule has 6 heteroatoms. The van der Waals surface area contributed by atoms with Gasteiger partial charge in [-0.2, -0.15) is 0 Å². The third-order valence-corrected chi connectivity index (χ3v) is 3.71. The van der Waals surface area contributed by atoms with Gasteiger partial charge in [0.1, 0.15) is 5.00 Å². The first-order valence-electron chi connectivity index (χ1n) is 5.27. The summed E-state index contributed by atoms with van der Waals surface area (Å²) < 4.78 is 4.71. The first kappa shape index (κ1) is 12.1. The summed E-state index contributed by atoms with van der Waals surface area (Å²) in [7, 11) is 1.33. The van der Waals surface area contributed by atoms with E-state index in [0.717, 1.165) is 4.88 Å². The second-order valence-electron chi connectivity index (χ2n) is 4.04. The number of carbonyl (C=O) groups is 2. The average molecular weight is 254 g/mol. The van der Waals surface area contributed by atoms with E-state index in [4.69, 9.17) is 10.5 Å². The summed E-state index contributed by atoms with van der Waals surface area (Å²) in [4.78, 5) is 25.9. The number of carbonyl (C=O) groups excluding carboxylic acids is 2. The fourth-order valence-electron chi connectivity index (χ4n) is 1.89. The van der Waals surface area contributed by atoms with Gasteiger partial charge in [-0.1, -0.05) is 0 Å². The van der Waals surface area contributed by atoms with Crippen LogP contribution in [0.4, 0.5) is 5.00 Å². The smallest absolute Gasteiger partial charge is 0.340 e. The van der Waals surface area contributed by atoms with Crippen molar-refractivity contribution in [2.24, 2.45) is 5.73 Å². The SMILES string of the molecule is COC(=O)c1cc(C)sc1N1CC(N)CC1=O. The molecule has 1 aliphatic rings. The van der Waals surface area contributed by atoms with E-state index in [1.807, 2.05) is 6.92 Å². The van der Waals surface area contributed by atoms with Crippen LogP contribution in [0.1, 0.15) is 21.7 Å². The molecule has 92 valence electrons. The molecule has 0 aliphatic carbocycles. The number of aryl methyl sites for hydroxylation is 1. The first-order chi connectivity index (χ1) is 8.02. The number of hydrogen-bond donors (Lipinski definition) is 1. The fourth-order valence-corrected chi connectivity index (χ4v) is 2.91. The summed E-state index contributed by atoms with van der Waals surface area (Å²) in [5.41, 5.74) is 6.19. The first-order valence-corrected chi connectivity index (χ1v) is 6.09. The van der Waals surface area contributed by atoms with Crippen LogP contribution in [0.25, 0.3) is 0 Å². The molecular weight excluding hydrogens is 240 g/mol. The molecule has 0 saturated carbocycles. The summed E-state index contributed by atoms with van der Waals surface area (Å²) in [5.74, 6) is -0.456. The molecule has 1 amide bonds. The number of hydrogen-bond acceptors (Lipinski definition) is 5. The number of nitrogens with zero attached hydrogens (tertiary/aromatic N) is 1. The lowest BCUT2D eigenvalue weighted by Gasteiger charge is -2.15. The number of nitrogens with two attached hydrogens (primary N) is 1. The van der Waals surface area contributed by atoms with Crippen LogP contribution in [0.3, 0.4) is 0 Å². The molecule has 0 spiro atoms. The number of amides is 1. The van der Waals surface area contributed by atoms with Gasteiger partial charge < -0.3 is 15.4 Å². The Balaban J connectivity index is 2.38. The maximum absolute atomic E-state index is 11.8. The Morgan fingerprint density at radius 3 is 2.88 bits per heavy atom. The number of ether oxygens (including phenoxy) is 1. The average Bonchev–Trinajstić information content (AvgIpc) is 2.80. The van der Waals surface area contributed by atoms with Gasteiger partial charge in [-0.15, -0.1) is 11.3 Å². The zero-order valence-corrected chi connectivity index (χ0v) is 10.5. The summed E-state index contributed by atoms with van der Waals surface area (Å²) in [6, 6.07) is 1.58. The van der Waals surface area contributed by atoms with Gasteiger partial charge >= 0.3 is 5.97 Å². The summed E-state index contributed by atoms with van der Waals surface area (Å²) >= 11 is 1.41. The van der Waals surface area contributed by atoms with Crippen LogP contribution in [-0.4, -0.2) is 31.6 Å². The molecule has 0 bridgehead atoms. The number of esters is 1. The van der Waals surface area contributed by atoms with E-state index in [2.05, 4.69) is 0 Å². The van der Waals surface area contributed by atoms with Crippen LogP contribution in [0.5, 0.6) is 0 Å². The second-order valence-corrected chi connectivity index (χ2v) is 5.27. The molecule has 1 aliphatic heterocycles. The van der Waals surface area contributed by atoms with Crippen LogP contribution in [0, 0.1) is 6.92 Å². The molecule has 0 aromatic carbocycles. The Morgan fingerprint density at radius 2 is 2.35 bits per heavy atom. The predicted octanol–water partition coefficient (Wildman–Crippen LogP) is 0.907. The van der Waals surface area contributed by atoms with Crippen molar-refractivity contribution in [1.29, 1.82) is 0 Å². The number of thiophene rings is 1. The lowest BCUT2D eigenvalue weighted by Crippen LogP contribution is -2.28. The van der Waals surface area contributed by atoms with Gasteiger partial charge in [0.15, 0.2) is 0 Å². The van der Waals surface area contributed by atoms with Gasteiger partial charge in [0.2, 0.25) is 5.91 Å². The molecular formula is C11H14N2O3S. The topological polar surface area (TPSA) is 72.6 Å². The molecule has 1 aromatic heterocycles. The van der Waals surface area contributed by atoms with Gasteiger partial charge in [0.05, 0.1) is 12.7 Å². The zero-order chi connectivity index (χ0) is 12.6. The summed E-state index contributed by atoms with van der Waals surface area (Å²) in [5, 5.41) is 0.646. The van der Waals surface area contributed by atoms with E-state index in [1.165, 1.54) is 18.4 Å². The van der Waals surface area contributed by atoms with Crippen molar-refractivity contribution in [2.45, 2.75) is 19.4 Å². The molecule has 2 N–H and O–H groups in total. The highest BCUT2D eigenvalue weighted by Gasteiger charge is 2.32. The van der Waals surface area contributed by atoms with Crippen LogP contribution in [0.15, 0.2) is 6.07 Å². The minimum absolute atomic E-state index is 0.0375. The van der Waals surface area contributed by atoms with Crippen molar-refractivity contribution in [1.82, 2.24) is 0 Å². The third-order valence-electron chi connectivity index (χ3n) is 2.64. The van der Waals surface area contributed by atoms with Gasteiger partial charge in [0, 0.05) is 23.9 Å². The van der Waals surface area contributed by atoms with Crippen LogP contribution >= 0.6 is 11.3 Å². The van der Waals surface area contributed by atoms with E-state index in [0.29, 0.717) is 23.5 Å². The number of rotatable bonds is 2. The van der Waals surface area contributed by atoms with Crippen molar-refractivity contribution in [3.8, 4) is 0 Å². The third kappa shape index (κ3) is 2.18. The van der Waals surface area contributed by atoms with Gasteiger partial charge in [-0.3, -0.25) is 4.79 Å². The fraction of sp³-hybridized carbons (Fsp3) is 0.455. The van der Waals surface area contributed by atoms with Crippen LogP contribution < -0.4 is 10.6 Å². The van der Waals surface area contributed by atoms with E-state index in [9.17, 15) is 9.59 Å². The van der Waals surface area contributed by atoms with Crippen molar-refractivity contribution >= 4 is 28.2 Å². The predicted molar refractivity (Wildman–Crippen MR) is 65.3 cm³/mol. The highest BCUT2D eigenvalue weighted by Crippen LogP contribution is 2.34. The number of anilines is 1. The normalized spacial score (nSPS) is 19.8. The van der Waals surface area contributed by atoms with E-state index in [1.54, 1.807) is 11.0 Å². The van der Waals surface area contributed by atoms with Gasteiger partial charge in [-0.25, -0.2) is 4.79 Å². The molecule has 5 nitrogen and oxygen atoms in total. The minimum Gasteiger partial charge on any atom is -0.465 e. The lowest BCUT2D eigenvalue weighted by molar-refractivity contribution is -0.117. The maximum Gasteiger partial charge on any atom is 0.340 e. The molecule has 2 rings (SSSR count). The van der Waals surface area contributed by atoms with Gasteiger partial charge in [0.25, 0.3) is 0 Å². The van der Waals surface area contributed by atoms with Crippen molar-refractivity contribution in [3.05, 3.63) is 16.5 Å². The maximum atomic E-state index is 11.8. The molecule has 0 radical (unpaired) electrons. The molecule has 2 heterocycles. The largest absolute Gasteiger partial charge is 0.465 e. The monoisotopic (exact) mass is 254 g/mol. The zero-order valence-electron chi connectivity index (χ0n) is 9.73. The molecule has 1 aromatic rings. The van der Waals surface area contributed by atoms with Crippen LogP contribution in [-0.2, 0) is 9.53 Å². The standard InChI is InChI=1S/C11H14N2O3S/c1-6-3-8(11(15)16-2)10(17-6)13-5-7(12)4-9(13)14/h3,7H,4-5,12H2,1-2H3. The summed E-state index contributed by atoms with van der Waals surface area (Å²) in [6.07, 6.45) is 0.331. The molecule has 1 atom stereocenters. The van der Waals surface area contributed by atoms with Crippen molar-refractivity contribution < 1.29 is 14.3 Å². The Bertz CT molecular complexity index is 469. The second kappa shape index (κ2) is 4.46. The van der Waals surface area contributed by atoms with Gasteiger partial charge in [-0.05, 0) is 13.0 Å². The Morgan fingerprint density at radius 1 is 1.65 bits per heavy atom. The van der Waals surface area contributed by atoms with E-state index in [-0.39, 0.29) is 11.9 Å². The number of methoxy groups -OCH3 is 1. The Labute approximate surface area is 103 Å². The van der Waals surface area contributed by atoms with E-state index >= 15 is 0 Å².